The topological polar surface area (TPSA) is 17.1 Å². The van der Waals surface area contributed by atoms with E-state index in [0.29, 0.717) is 47.7 Å². The summed E-state index contributed by atoms with van der Waals surface area (Å²) in [5.74, 6) is 2.30. The number of alkyl halides is 1. The highest BCUT2D eigenvalue weighted by Gasteiger charge is 2.60. The zero-order valence-electron chi connectivity index (χ0n) is 13.5. The van der Waals surface area contributed by atoms with E-state index in [9.17, 15) is 9.18 Å². The third-order valence-corrected chi connectivity index (χ3v) is 8.19. The average Bonchev–Trinajstić information content (AvgIpc) is 2.82. The van der Waals surface area contributed by atoms with Crippen molar-refractivity contribution in [2.75, 3.05) is 0 Å². The van der Waals surface area contributed by atoms with Gasteiger partial charge in [-0.25, -0.2) is 4.39 Å². The first-order chi connectivity index (χ1) is 9.94. The van der Waals surface area contributed by atoms with Gasteiger partial charge in [-0.1, -0.05) is 20.3 Å². The van der Waals surface area contributed by atoms with Gasteiger partial charge < -0.3 is 0 Å². The fraction of sp³-hybridized carbons (Fsp3) is 0.947. The molecule has 4 aliphatic rings. The van der Waals surface area contributed by atoms with Crippen LogP contribution < -0.4 is 0 Å². The van der Waals surface area contributed by atoms with Crippen LogP contribution in [-0.4, -0.2) is 12.0 Å². The molecule has 7 atom stereocenters. The molecule has 4 aliphatic carbocycles. The third-order valence-electron chi connectivity index (χ3n) is 8.19. The number of fused-ring (bicyclic) bond motifs is 5. The highest BCUT2D eigenvalue weighted by Crippen LogP contribution is 2.65. The van der Waals surface area contributed by atoms with Gasteiger partial charge in [0.15, 0.2) is 0 Å². The minimum Gasteiger partial charge on any atom is -0.299 e. The number of hydrogen-bond acceptors (Lipinski definition) is 1. The summed E-state index contributed by atoms with van der Waals surface area (Å²) in [4.78, 5) is 12.9. The first-order valence-electron chi connectivity index (χ1n) is 9.11. The van der Waals surface area contributed by atoms with Crippen LogP contribution in [-0.2, 0) is 4.79 Å². The first-order valence-corrected chi connectivity index (χ1v) is 9.11. The van der Waals surface area contributed by atoms with Crippen LogP contribution in [0, 0.1) is 34.5 Å². The fourth-order valence-electron chi connectivity index (χ4n) is 6.87. The molecule has 0 radical (unpaired) electrons. The van der Waals surface area contributed by atoms with Gasteiger partial charge in [-0.05, 0) is 73.5 Å². The van der Waals surface area contributed by atoms with Gasteiger partial charge in [0.05, 0.1) is 0 Å². The maximum Gasteiger partial charge on any atom is 0.136 e. The molecule has 0 aromatic rings. The zero-order chi connectivity index (χ0) is 14.8. The summed E-state index contributed by atoms with van der Waals surface area (Å²) in [5.41, 5.74) is 0.669. The van der Waals surface area contributed by atoms with Crippen LogP contribution in [0.15, 0.2) is 0 Å². The van der Waals surface area contributed by atoms with Gasteiger partial charge in [-0.3, -0.25) is 4.79 Å². The molecule has 2 heteroatoms. The summed E-state index contributed by atoms with van der Waals surface area (Å²) in [6, 6.07) is 0. The van der Waals surface area contributed by atoms with Crippen molar-refractivity contribution >= 4 is 5.78 Å². The number of carbonyl (C=O) groups is 1. The molecule has 0 aliphatic heterocycles. The Kier molecular flexibility index (Phi) is 3.08. The second kappa shape index (κ2) is 4.55. The van der Waals surface area contributed by atoms with Gasteiger partial charge in [0.1, 0.15) is 12.0 Å². The molecule has 0 bridgehead atoms. The second-order valence-corrected chi connectivity index (χ2v) is 9.07. The van der Waals surface area contributed by atoms with Crippen molar-refractivity contribution in [3.05, 3.63) is 0 Å². The Morgan fingerprint density at radius 1 is 1.05 bits per heavy atom. The third kappa shape index (κ3) is 1.90. The maximum atomic E-state index is 13.8. The lowest BCUT2D eigenvalue weighted by atomic mass is 9.45. The van der Waals surface area contributed by atoms with E-state index in [4.69, 9.17) is 0 Å². The van der Waals surface area contributed by atoms with Crippen molar-refractivity contribution in [3.8, 4) is 0 Å². The Hall–Kier alpha value is -0.400. The molecule has 4 saturated carbocycles. The minimum atomic E-state index is -0.659. The molecule has 0 saturated heterocycles. The van der Waals surface area contributed by atoms with Crippen LogP contribution in [0.5, 0.6) is 0 Å². The number of carbonyl (C=O) groups excluding carboxylic acids is 1. The maximum absolute atomic E-state index is 13.8. The monoisotopic (exact) mass is 292 g/mol. The van der Waals surface area contributed by atoms with Gasteiger partial charge in [0, 0.05) is 12.3 Å². The summed E-state index contributed by atoms with van der Waals surface area (Å²) in [6.07, 6.45) is 8.80. The zero-order valence-corrected chi connectivity index (χ0v) is 13.5. The average molecular weight is 292 g/mol. The fourth-order valence-corrected chi connectivity index (χ4v) is 6.87. The Morgan fingerprint density at radius 3 is 2.67 bits per heavy atom. The molecular weight excluding hydrogens is 263 g/mol. The van der Waals surface area contributed by atoms with E-state index in [2.05, 4.69) is 13.8 Å². The molecule has 0 aromatic heterocycles. The van der Waals surface area contributed by atoms with Crippen LogP contribution in [0.1, 0.15) is 71.6 Å². The summed E-state index contributed by atoms with van der Waals surface area (Å²) in [5, 5.41) is 0. The predicted octanol–water partition coefficient (Wildman–Crippen LogP) is 4.94. The number of halogens is 1. The van der Waals surface area contributed by atoms with E-state index in [1.54, 1.807) is 0 Å². The van der Waals surface area contributed by atoms with E-state index < -0.39 is 6.17 Å². The van der Waals surface area contributed by atoms with Crippen LogP contribution in [0.2, 0.25) is 0 Å². The molecular formula is C19H29FO. The molecule has 4 fully saturated rings. The van der Waals surface area contributed by atoms with E-state index >= 15 is 0 Å². The van der Waals surface area contributed by atoms with Crippen LogP contribution in [0.25, 0.3) is 0 Å². The first kappa shape index (κ1) is 14.2. The van der Waals surface area contributed by atoms with E-state index in [0.717, 1.165) is 12.8 Å². The summed E-state index contributed by atoms with van der Waals surface area (Å²) >= 11 is 0. The van der Waals surface area contributed by atoms with Crippen molar-refractivity contribution in [3.63, 3.8) is 0 Å². The van der Waals surface area contributed by atoms with Crippen LogP contribution in [0.4, 0.5) is 4.39 Å². The largest absolute Gasteiger partial charge is 0.299 e. The lowest BCUT2D eigenvalue weighted by Crippen LogP contribution is -2.56. The van der Waals surface area contributed by atoms with Crippen LogP contribution >= 0.6 is 0 Å². The van der Waals surface area contributed by atoms with Gasteiger partial charge in [-0.2, -0.15) is 0 Å². The number of rotatable bonds is 0. The van der Waals surface area contributed by atoms with Gasteiger partial charge in [-0.15, -0.1) is 0 Å². The smallest absolute Gasteiger partial charge is 0.136 e. The van der Waals surface area contributed by atoms with Crippen molar-refractivity contribution in [2.45, 2.75) is 77.8 Å². The molecule has 1 nitrogen and oxygen atoms in total. The van der Waals surface area contributed by atoms with Gasteiger partial charge in [0.2, 0.25) is 0 Å². The quantitative estimate of drug-likeness (QED) is 0.618. The van der Waals surface area contributed by atoms with Crippen molar-refractivity contribution < 1.29 is 9.18 Å². The molecule has 21 heavy (non-hydrogen) atoms. The summed E-state index contributed by atoms with van der Waals surface area (Å²) in [7, 11) is 0. The van der Waals surface area contributed by atoms with E-state index in [1.165, 1.54) is 32.1 Å². The molecule has 118 valence electrons. The summed E-state index contributed by atoms with van der Waals surface area (Å²) in [6.45, 7) is 4.83. The number of hydrogen-bond donors (Lipinski definition) is 0. The highest BCUT2D eigenvalue weighted by atomic mass is 19.1. The highest BCUT2D eigenvalue weighted by molar-refractivity contribution is 5.83. The minimum absolute atomic E-state index is 0.241. The van der Waals surface area contributed by atoms with E-state index in [-0.39, 0.29) is 5.41 Å². The molecule has 0 unspecified atom stereocenters. The Bertz CT molecular complexity index is 460. The predicted molar refractivity (Wildman–Crippen MR) is 81.6 cm³/mol. The van der Waals surface area contributed by atoms with Gasteiger partial charge in [0.25, 0.3) is 0 Å². The Balaban J connectivity index is 1.69. The molecule has 0 N–H and O–H groups in total. The molecule has 4 rings (SSSR count). The summed E-state index contributed by atoms with van der Waals surface area (Å²) < 4.78 is 13.8. The van der Waals surface area contributed by atoms with Crippen LogP contribution in [0.3, 0.4) is 0 Å². The Morgan fingerprint density at radius 2 is 1.86 bits per heavy atom. The van der Waals surface area contributed by atoms with E-state index in [1.807, 2.05) is 0 Å². The second-order valence-electron chi connectivity index (χ2n) is 9.07. The van der Waals surface area contributed by atoms with Crippen molar-refractivity contribution in [2.24, 2.45) is 34.5 Å². The van der Waals surface area contributed by atoms with Gasteiger partial charge >= 0.3 is 0 Å². The normalized spacial score (nSPS) is 56.5. The molecule has 0 spiro atoms. The standard InChI is InChI=1S/C19H29FO/c1-18-7-3-4-14(18)17-15(6-8-18)19(2)9-5-13(20)10-12(19)11-16(17)21/h12-15,17H,3-11H2,1-2H3/t12-,13-,14-,15-,17+,18-,19-/m1/s1. The number of ketones is 1. The Labute approximate surface area is 128 Å². The SMILES string of the molecule is C[C@]12CCC[C@@H]1[C@@H]1C(=O)C[C@H]3C[C@H](F)CC[C@@]3(C)[C@@H]1CC2. The number of Topliss-reactive ketones (excluding diaryl/α,β-unsaturated/α-hetero) is 1. The van der Waals surface area contributed by atoms with Crippen molar-refractivity contribution in [1.82, 2.24) is 0 Å². The lowest BCUT2D eigenvalue weighted by Gasteiger charge is -2.59. The van der Waals surface area contributed by atoms with Crippen molar-refractivity contribution in [1.29, 1.82) is 0 Å². The molecule has 0 amide bonds. The molecule has 0 aromatic carbocycles. The molecule has 0 heterocycles. The lowest BCUT2D eigenvalue weighted by molar-refractivity contribution is -0.156.